The summed E-state index contributed by atoms with van der Waals surface area (Å²) < 4.78 is 0. The van der Waals surface area contributed by atoms with Crippen molar-refractivity contribution in [3.8, 4) is 0 Å². The minimum atomic E-state index is 0.0697. The van der Waals surface area contributed by atoms with Gasteiger partial charge in [-0.2, -0.15) is 0 Å². The fourth-order valence-corrected chi connectivity index (χ4v) is 3.82. The number of hydrogen-bond acceptors (Lipinski definition) is 4. The van der Waals surface area contributed by atoms with E-state index < -0.39 is 0 Å². The van der Waals surface area contributed by atoms with Crippen molar-refractivity contribution in [2.45, 2.75) is 6.92 Å². The number of amides is 2. The quantitative estimate of drug-likeness (QED) is 0.839. The van der Waals surface area contributed by atoms with Crippen molar-refractivity contribution in [2.75, 3.05) is 49.3 Å². The first-order valence-corrected chi connectivity index (χ1v) is 8.74. The molecule has 2 amide bonds. The molecular weight excluding hydrogens is 298 g/mol. The van der Waals surface area contributed by atoms with Gasteiger partial charge in [-0.1, -0.05) is 18.2 Å². The topological polar surface area (TPSA) is 43.9 Å². The van der Waals surface area contributed by atoms with Crippen molar-refractivity contribution in [3.63, 3.8) is 0 Å². The molecule has 1 aromatic carbocycles. The summed E-state index contributed by atoms with van der Waals surface area (Å²) in [5, 5.41) is 0. The molecule has 2 fully saturated rings. The lowest BCUT2D eigenvalue weighted by Gasteiger charge is -2.37. The van der Waals surface area contributed by atoms with Crippen LogP contribution in [-0.2, 0) is 9.59 Å². The fraction of sp³-hybridized carbons (Fsp3) is 0.500. The zero-order chi connectivity index (χ0) is 15.5. The van der Waals surface area contributed by atoms with Crippen molar-refractivity contribution in [3.05, 3.63) is 29.8 Å². The Hall–Kier alpha value is -1.69. The zero-order valence-corrected chi connectivity index (χ0v) is 13.6. The summed E-state index contributed by atoms with van der Waals surface area (Å²) in [6.07, 6.45) is 0. The van der Waals surface area contributed by atoms with Gasteiger partial charge in [0.25, 0.3) is 0 Å². The Labute approximate surface area is 135 Å². The molecule has 0 unspecified atom stereocenters. The van der Waals surface area contributed by atoms with Crippen LogP contribution in [-0.4, -0.2) is 66.0 Å². The van der Waals surface area contributed by atoms with Crippen LogP contribution in [0.15, 0.2) is 24.3 Å². The minimum absolute atomic E-state index is 0.0697. The maximum Gasteiger partial charge on any atom is 0.242 e. The molecule has 0 bridgehead atoms. The highest BCUT2D eigenvalue weighted by atomic mass is 32.2. The molecule has 0 aromatic heterocycles. The lowest BCUT2D eigenvalue weighted by atomic mass is 10.1. The van der Waals surface area contributed by atoms with E-state index in [1.807, 2.05) is 11.0 Å². The summed E-state index contributed by atoms with van der Waals surface area (Å²) in [5.74, 6) is 1.31. The van der Waals surface area contributed by atoms with Crippen LogP contribution in [0.2, 0.25) is 0 Å². The Morgan fingerprint density at radius 1 is 1.18 bits per heavy atom. The van der Waals surface area contributed by atoms with Gasteiger partial charge in [-0.05, 0) is 18.6 Å². The summed E-state index contributed by atoms with van der Waals surface area (Å²) in [6, 6.07) is 8.34. The van der Waals surface area contributed by atoms with Crippen LogP contribution < -0.4 is 4.90 Å². The molecule has 0 aliphatic carbocycles. The van der Waals surface area contributed by atoms with Gasteiger partial charge in [0.15, 0.2) is 0 Å². The van der Waals surface area contributed by atoms with Crippen LogP contribution in [0.25, 0.3) is 0 Å². The summed E-state index contributed by atoms with van der Waals surface area (Å²) in [6.45, 7) is 5.49. The van der Waals surface area contributed by atoms with E-state index in [0.717, 1.165) is 26.2 Å². The molecule has 6 heteroatoms. The largest absolute Gasteiger partial charge is 0.368 e. The summed E-state index contributed by atoms with van der Waals surface area (Å²) in [5.41, 5.74) is 2.52. The number of para-hydroxylation sites is 1. The summed E-state index contributed by atoms with van der Waals surface area (Å²) in [7, 11) is 0. The first kappa shape index (κ1) is 15.2. The van der Waals surface area contributed by atoms with Gasteiger partial charge in [-0.25, -0.2) is 0 Å². The van der Waals surface area contributed by atoms with Crippen molar-refractivity contribution in [1.29, 1.82) is 0 Å². The molecule has 0 saturated carbocycles. The van der Waals surface area contributed by atoms with Crippen molar-refractivity contribution in [1.82, 2.24) is 9.80 Å². The van der Waals surface area contributed by atoms with Crippen LogP contribution >= 0.6 is 11.8 Å². The monoisotopic (exact) mass is 319 g/mol. The Kier molecular flexibility index (Phi) is 4.57. The molecule has 0 radical (unpaired) electrons. The molecule has 0 atom stereocenters. The van der Waals surface area contributed by atoms with Crippen LogP contribution in [0.3, 0.4) is 0 Å². The first-order valence-electron chi connectivity index (χ1n) is 7.59. The van der Waals surface area contributed by atoms with Crippen molar-refractivity contribution < 1.29 is 9.59 Å². The molecule has 5 nitrogen and oxygen atoms in total. The molecule has 22 heavy (non-hydrogen) atoms. The van der Waals surface area contributed by atoms with Gasteiger partial charge >= 0.3 is 0 Å². The van der Waals surface area contributed by atoms with Gasteiger partial charge in [0.1, 0.15) is 6.54 Å². The normalized spacial score (nSPS) is 19.0. The third kappa shape index (κ3) is 3.21. The first-order chi connectivity index (χ1) is 10.6. The lowest BCUT2D eigenvalue weighted by Crippen LogP contribution is -2.51. The van der Waals surface area contributed by atoms with Crippen LogP contribution in [0.4, 0.5) is 5.69 Å². The molecule has 0 spiro atoms. The molecule has 118 valence electrons. The summed E-state index contributed by atoms with van der Waals surface area (Å²) in [4.78, 5) is 29.8. The molecule has 2 aliphatic heterocycles. The van der Waals surface area contributed by atoms with Crippen LogP contribution in [0.5, 0.6) is 0 Å². The van der Waals surface area contributed by atoms with E-state index in [1.54, 1.807) is 16.7 Å². The average Bonchev–Trinajstić information content (AvgIpc) is 2.93. The van der Waals surface area contributed by atoms with Crippen molar-refractivity contribution in [2.24, 2.45) is 0 Å². The Morgan fingerprint density at radius 3 is 2.55 bits per heavy atom. The molecular formula is C16H21N3O2S. The van der Waals surface area contributed by atoms with Gasteiger partial charge in [0.05, 0.1) is 11.6 Å². The maximum atomic E-state index is 12.3. The summed E-state index contributed by atoms with van der Waals surface area (Å²) >= 11 is 1.58. The van der Waals surface area contributed by atoms with Gasteiger partial charge < -0.3 is 14.7 Å². The number of piperazine rings is 1. The highest BCUT2D eigenvalue weighted by Crippen LogP contribution is 2.21. The predicted molar refractivity (Wildman–Crippen MR) is 89.0 cm³/mol. The van der Waals surface area contributed by atoms with Gasteiger partial charge in [0.2, 0.25) is 11.8 Å². The highest BCUT2D eigenvalue weighted by Gasteiger charge is 2.27. The highest BCUT2D eigenvalue weighted by molar-refractivity contribution is 8.00. The standard InChI is InChI=1S/C16H21N3O2S/c1-13-4-2-3-5-14(13)17-6-8-18(9-7-17)15(20)10-19-12-22-11-16(19)21/h2-5H,6-12H2,1H3. The second-order valence-electron chi connectivity index (χ2n) is 5.72. The van der Waals surface area contributed by atoms with E-state index >= 15 is 0 Å². The molecule has 2 saturated heterocycles. The Bertz CT molecular complexity index is 570. The van der Waals surface area contributed by atoms with E-state index in [9.17, 15) is 9.59 Å². The number of carbonyl (C=O) groups is 2. The molecule has 3 rings (SSSR count). The van der Waals surface area contributed by atoms with Gasteiger partial charge in [-0.15, -0.1) is 11.8 Å². The second-order valence-corrected chi connectivity index (χ2v) is 6.68. The van der Waals surface area contributed by atoms with E-state index in [1.165, 1.54) is 11.3 Å². The second kappa shape index (κ2) is 6.60. The molecule has 2 heterocycles. The maximum absolute atomic E-state index is 12.3. The molecule has 2 aliphatic rings. The van der Waals surface area contributed by atoms with Crippen LogP contribution in [0, 0.1) is 6.92 Å². The number of hydrogen-bond donors (Lipinski definition) is 0. The lowest BCUT2D eigenvalue weighted by molar-refractivity contribution is -0.138. The Balaban J connectivity index is 1.54. The smallest absolute Gasteiger partial charge is 0.242 e. The molecule has 0 N–H and O–H groups in total. The SMILES string of the molecule is Cc1ccccc1N1CCN(C(=O)CN2CSCC2=O)CC1. The van der Waals surface area contributed by atoms with E-state index in [4.69, 9.17) is 0 Å². The number of nitrogens with zero attached hydrogens (tertiary/aromatic N) is 3. The Morgan fingerprint density at radius 2 is 1.91 bits per heavy atom. The number of aryl methyl sites for hydroxylation is 1. The van der Waals surface area contributed by atoms with E-state index in [2.05, 4.69) is 30.0 Å². The van der Waals surface area contributed by atoms with E-state index in [-0.39, 0.29) is 18.4 Å². The van der Waals surface area contributed by atoms with Crippen LogP contribution in [0.1, 0.15) is 5.56 Å². The van der Waals surface area contributed by atoms with Crippen molar-refractivity contribution >= 4 is 29.3 Å². The minimum Gasteiger partial charge on any atom is -0.368 e. The van der Waals surface area contributed by atoms with Gasteiger partial charge in [0, 0.05) is 31.9 Å². The predicted octanol–water partition coefficient (Wildman–Crippen LogP) is 1.18. The number of anilines is 1. The number of thioether (sulfide) groups is 1. The number of benzene rings is 1. The average molecular weight is 319 g/mol. The number of rotatable bonds is 3. The number of carbonyl (C=O) groups excluding carboxylic acids is 2. The third-order valence-corrected chi connectivity index (χ3v) is 5.19. The third-order valence-electron chi connectivity index (χ3n) is 4.24. The zero-order valence-electron chi connectivity index (χ0n) is 12.8. The molecule has 1 aromatic rings. The fourth-order valence-electron chi connectivity index (χ4n) is 2.92. The van der Waals surface area contributed by atoms with Gasteiger partial charge in [-0.3, -0.25) is 9.59 Å². The van der Waals surface area contributed by atoms with E-state index in [0.29, 0.717) is 11.6 Å².